The molecule has 9 heteroatoms. The lowest BCUT2D eigenvalue weighted by Gasteiger charge is -2.11. The highest BCUT2D eigenvalue weighted by atomic mass is 32.2. The molecule has 0 amide bonds. The van der Waals surface area contributed by atoms with Crippen LogP contribution >= 0.6 is 0 Å². The van der Waals surface area contributed by atoms with E-state index in [0.29, 0.717) is 0 Å². The van der Waals surface area contributed by atoms with E-state index in [9.17, 15) is 21.6 Å². The fourth-order valence-electron chi connectivity index (χ4n) is 1.21. The summed E-state index contributed by atoms with van der Waals surface area (Å²) in [4.78, 5) is 3.45. The van der Waals surface area contributed by atoms with Crippen molar-refractivity contribution in [2.24, 2.45) is 0 Å². The molecule has 1 heterocycles. The topological polar surface area (TPSA) is 71.1 Å². The Bertz CT molecular complexity index is 502. The van der Waals surface area contributed by atoms with Crippen molar-refractivity contribution in [1.29, 1.82) is 0 Å². The molecule has 0 spiro atoms. The van der Waals surface area contributed by atoms with Gasteiger partial charge in [0, 0.05) is 26.0 Å². The second-order valence-corrected chi connectivity index (χ2v) is 5.12. The van der Waals surface area contributed by atoms with E-state index in [2.05, 4.69) is 10.3 Å². The van der Waals surface area contributed by atoms with Gasteiger partial charge in [0.2, 0.25) is 10.0 Å². The Labute approximate surface area is 102 Å². The molecule has 0 saturated carbocycles. The molecule has 102 valence electrons. The lowest BCUT2D eigenvalue weighted by Crippen LogP contribution is -2.28. The highest BCUT2D eigenvalue weighted by Crippen LogP contribution is 2.21. The summed E-state index contributed by atoms with van der Waals surface area (Å²) in [6, 6.07) is 1.42. The van der Waals surface area contributed by atoms with E-state index in [-0.39, 0.29) is 10.6 Å². The van der Waals surface area contributed by atoms with Crippen LogP contribution in [0.5, 0.6) is 0 Å². The van der Waals surface area contributed by atoms with Crippen LogP contribution < -0.4 is 10.0 Å². The molecule has 0 aliphatic heterocycles. The molecule has 0 fully saturated rings. The summed E-state index contributed by atoms with van der Waals surface area (Å²) in [5.41, 5.74) is 0.268. The van der Waals surface area contributed by atoms with Crippen molar-refractivity contribution in [2.45, 2.75) is 17.5 Å². The lowest BCUT2D eigenvalue weighted by molar-refractivity contribution is -0.132. The molecule has 0 aliphatic rings. The molecule has 0 saturated heterocycles. The summed E-state index contributed by atoms with van der Waals surface area (Å²) in [5, 5.41) is 2.63. The third-order valence-corrected chi connectivity index (χ3v) is 3.53. The lowest BCUT2D eigenvalue weighted by atomic mass is 10.4. The Morgan fingerprint density at radius 1 is 1.39 bits per heavy atom. The maximum atomic E-state index is 11.9. The number of pyridine rings is 1. The first kappa shape index (κ1) is 14.7. The first-order valence-electron chi connectivity index (χ1n) is 4.94. The minimum atomic E-state index is -4.40. The Morgan fingerprint density at radius 3 is 2.61 bits per heavy atom. The van der Waals surface area contributed by atoms with Crippen LogP contribution in [-0.4, -0.2) is 33.2 Å². The molecule has 1 aromatic rings. The second-order valence-electron chi connectivity index (χ2n) is 3.38. The molecule has 0 aliphatic carbocycles. The predicted octanol–water partition coefficient (Wildman–Crippen LogP) is 1.35. The third kappa shape index (κ3) is 4.15. The largest absolute Gasteiger partial charge is 0.390 e. The minimum Gasteiger partial charge on any atom is -0.387 e. The molecule has 1 aromatic heterocycles. The van der Waals surface area contributed by atoms with Crippen molar-refractivity contribution in [3.8, 4) is 0 Å². The molecule has 0 bridgehead atoms. The van der Waals surface area contributed by atoms with Gasteiger partial charge in [-0.3, -0.25) is 4.98 Å². The van der Waals surface area contributed by atoms with Crippen molar-refractivity contribution >= 4 is 15.7 Å². The van der Waals surface area contributed by atoms with Crippen molar-refractivity contribution < 1.29 is 21.6 Å². The van der Waals surface area contributed by atoms with E-state index in [1.807, 2.05) is 4.72 Å². The van der Waals surface area contributed by atoms with Gasteiger partial charge in [-0.2, -0.15) is 13.2 Å². The summed E-state index contributed by atoms with van der Waals surface area (Å²) >= 11 is 0. The van der Waals surface area contributed by atoms with Crippen LogP contribution in [0.15, 0.2) is 23.4 Å². The zero-order valence-corrected chi connectivity index (χ0v) is 10.3. The Morgan fingerprint density at radius 2 is 2.06 bits per heavy atom. The van der Waals surface area contributed by atoms with Gasteiger partial charge >= 0.3 is 6.18 Å². The Hall–Kier alpha value is -1.35. The van der Waals surface area contributed by atoms with E-state index in [1.165, 1.54) is 19.3 Å². The number of hydrogen-bond donors (Lipinski definition) is 2. The number of halogens is 3. The smallest absolute Gasteiger partial charge is 0.387 e. The van der Waals surface area contributed by atoms with Crippen molar-refractivity contribution in [3.63, 3.8) is 0 Å². The zero-order valence-electron chi connectivity index (χ0n) is 9.45. The fourth-order valence-corrected chi connectivity index (χ4v) is 2.39. The van der Waals surface area contributed by atoms with Crippen LogP contribution in [0.25, 0.3) is 0 Å². The van der Waals surface area contributed by atoms with Crippen molar-refractivity contribution in [3.05, 3.63) is 18.5 Å². The average Bonchev–Trinajstić information content (AvgIpc) is 2.27. The molecule has 0 radical (unpaired) electrons. The summed E-state index contributed by atoms with van der Waals surface area (Å²) in [6.45, 7) is -0.704. The van der Waals surface area contributed by atoms with Gasteiger partial charge in [0.25, 0.3) is 0 Å². The number of sulfonamides is 1. The van der Waals surface area contributed by atoms with E-state index in [4.69, 9.17) is 0 Å². The van der Waals surface area contributed by atoms with Gasteiger partial charge in [-0.05, 0) is 6.07 Å². The van der Waals surface area contributed by atoms with Gasteiger partial charge in [0.15, 0.2) is 0 Å². The average molecular weight is 283 g/mol. The molecule has 18 heavy (non-hydrogen) atoms. The monoisotopic (exact) mass is 283 g/mol. The molecule has 2 N–H and O–H groups in total. The van der Waals surface area contributed by atoms with Gasteiger partial charge in [-0.15, -0.1) is 0 Å². The van der Waals surface area contributed by atoms with E-state index in [1.54, 1.807) is 0 Å². The quantitative estimate of drug-likeness (QED) is 0.856. The van der Waals surface area contributed by atoms with Gasteiger partial charge in [-0.25, -0.2) is 13.1 Å². The molecule has 0 atom stereocenters. The number of hydrogen-bond acceptors (Lipinski definition) is 4. The zero-order chi connectivity index (χ0) is 13.8. The van der Waals surface area contributed by atoms with Crippen LogP contribution in [-0.2, 0) is 10.0 Å². The number of alkyl halides is 3. The summed E-state index contributed by atoms with van der Waals surface area (Å²) in [6.07, 6.45) is -3.17. The normalized spacial score (nSPS) is 12.4. The highest BCUT2D eigenvalue weighted by molar-refractivity contribution is 7.89. The molecule has 0 aromatic carbocycles. The molecule has 1 rings (SSSR count). The first-order chi connectivity index (χ1) is 8.26. The summed E-state index contributed by atoms with van der Waals surface area (Å²) in [7, 11) is -2.50. The SMILES string of the molecule is CNc1ccncc1S(=O)(=O)NCCC(F)(F)F. The third-order valence-electron chi connectivity index (χ3n) is 2.04. The van der Waals surface area contributed by atoms with E-state index < -0.39 is 29.2 Å². The number of rotatable bonds is 5. The maximum absolute atomic E-state index is 11.9. The number of nitrogens with zero attached hydrogens (tertiary/aromatic N) is 1. The number of aromatic nitrogens is 1. The molecular weight excluding hydrogens is 271 g/mol. The summed E-state index contributed by atoms with van der Waals surface area (Å²) < 4.78 is 61.1. The second kappa shape index (κ2) is 5.53. The van der Waals surface area contributed by atoms with Crippen LogP contribution in [0.1, 0.15) is 6.42 Å². The molecule has 5 nitrogen and oxygen atoms in total. The van der Waals surface area contributed by atoms with Gasteiger partial charge in [-0.1, -0.05) is 0 Å². The van der Waals surface area contributed by atoms with Crippen molar-refractivity contribution in [1.82, 2.24) is 9.71 Å². The predicted molar refractivity (Wildman–Crippen MR) is 59.6 cm³/mol. The van der Waals surface area contributed by atoms with Crippen molar-refractivity contribution in [2.75, 3.05) is 18.9 Å². The van der Waals surface area contributed by atoms with E-state index in [0.717, 1.165) is 6.20 Å². The van der Waals surface area contributed by atoms with E-state index >= 15 is 0 Å². The first-order valence-corrected chi connectivity index (χ1v) is 6.43. The van der Waals surface area contributed by atoms with Crippen LogP contribution in [0, 0.1) is 0 Å². The molecular formula is C9H12F3N3O2S. The van der Waals surface area contributed by atoms with Gasteiger partial charge in [0.1, 0.15) is 4.90 Å². The van der Waals surface area contributed by atoms with Crippen LogP contribution in [0.4, 0.5) is 18.9 Å². The number of anilines is 1. The Kier molecular flexibility index (Phi) is 4.52. The maximum Gasteiger partial charge on any atom is 0.390 e. The Balaban J connectivity index is 2.81. The fraction of sp³-hybridized carbons (Fsp3) is 0.444. The minimum absolute atomic E-state index is 0.185. The number of nitrogens with one attached hydrogen (secondary N) is 2. The van der Waals surface area contributed by atoms with Gasteiger partial charge in [0.05, 0.1) is 12.1 Å². The highest BCUT2D eigenvalue weighted by Gasteiger charge is 2.28. The molecule has 0 unspecified atom stereocenters. The van der Waals surface area contributed by atoms with Crippen LogP contribution in [0.3, 0.4) is 0 Å². The van der Waals surface area contributed by atoms with Crippen LogP contribution in [0.2, 0.25) is 0 Å². The van der Waals surface area contributed by atoms with Gasteiger partial charge < -0.3 is 5.32 Å². The standard InChI is InChI=1S/C9H12F3N3O2S/c1-13-7-2-4-14-6-8(7)18(16,17)15-5-3-9(10,11)12/h2,4,6,15H,3,5H2,1H3,(H,13,14). The summed E-state index contributed by atoms with van der Waals surface area (Å²) in [5.74, 6) is 0.